The number of hydrogen-bond acceptors (Lipinski definition) is 4. The Kier molecular flexibility index (Phi) is 10.1. The molecule has 0 atom stereocenters. The summed E-state index contributed by atoms with van der Waals surface area (Å²) in [6, 6.07) is 59.5. The molecule has 0 amide bonds. The molecule has 0 unspecified atom stereocenters. The molecule has 0 saturated carbocycles. The minimum atomic E-state index is -0.0794. The molecule has 0 N–H and O–H groups in total. The van der Waals surface area contributed by atoms with E-state index in [0.717, 1.165) is 84.6 Å². The van der Waals surface area contributed by atoms with Crippen LogP contribution >= 0.6 is 0 Å². The Bertz CT molecular complexity index is 2440. The Hall–Kier alpha value is -6.72. The average Bonchev–Trinajstić information content (AvgIpc) is 3.25. The summed E-state index contributed by atoms with van der Waals surface area (Å²) >= 11 is 0. The molecule has 7 aromatic carbocycles. The zero-order valence-electron chi connectivity index (χ0n) is 31.7. The minimum Gasteiger partial charge on any atom is -0.458 e. The van der Waals surface area contributed by atoms with Gasteiger partial charge in [0.05, 0.1) is 0 Å². The Morgan fingerprint density at radius 1 is 0.473 bits per heavy atom. The molecule has 0 aromatic heterocycles. The lowest BCUT2D eigenvalue weighted by Crippen LogP contribution is -2.57. The van der Waals surface area contributed by atoms with Gasteiger partial charge in [0, 0.05) is 51.7 Å². The van der Waals surface area contributed by atoms with E-state index in [1.807, 2.05) is 19.9 Å². The van der Waals surface area contributed by atoms with Gasteiger partial charge in [-0.1, -0.05) is 123 Å². The molecule has 0 bridgehead atoms. The normalized spacial score (nSPS) is 12.3. The number of nitrogens with zero attached hydrogens (tertiary/aromatic N) is 2. The number of rotatable bonds is 8. The second kappa shape index (κ2) is 15.7. The molecule has 2 aliphatic rings. The van der Waals surface area contributed by atoms with E-state index in [4.69, 9.17) is 9.47 Å². The maximum atomic E-state index is 6.93. The van der Waals surface area contributed by atoms with E-state index in [-0.39, 0.29) is 6.71 Å². The van der Waals surface area contributed by atoms with Gasteiger partial charge in [0.15, 0.2) is 0 Å². The van der Waals surface area contributed by atoms with Crippen LogP contribution in [0.15, 0.2) is 194 Å². The lowest BCUT2D eigenvalue weighted by molar-refractivity contribution is 0.465. The van der Waals surface area contributed by atoms with Crippen molar-refractivity contribution in [2.75, 3.05) is 9.80 Å². The number of anilines is 5. The smallest absolute Gasteiger partial charge is 0.260 e. The summed E-state index contributed by atoms with van der Waals surface area (Å²) in [6.07, 6.45) is 6.36. The fourth-order valence-electron chi connectivity index (χ4n) is 7.64. The molecule has 0 fully saturated rings. The number of benzene rings is 7. The molecule has 7 aromatic rings. The molecule has 5 heteroatoms. The number of para-hydroxylation sites is 3. The van der Waals surface area contributed by atoms with E-state index in [1.54, 1.807) is 0 Å². The van der Waals surface area contributed by atoms with Crippen LogP contribution in [0.1, 0.15) is 27.7 Å². The van der Waals surface area contributed by atoms with Crippen LogP contribution in [0.5, 0.6) is 23.0 Å². The van der Waals surface area contributed by atoms with Crippen molar-refractivity contribution in [2.24, 2.45) is 0 Å². The highest BCUT2D eigenvalue weighted by Gasteiger charge is 2.41. The molecule has 4 nitrogen and oxygen atoms in total. The molecule has 55 heavy (non-hydrogen) atoms. The molecule has 268 valence electrons. The highest BCUT2D eigenvalue weighted by atomic mass is 16.5. The number of allylic oxidation sites excluding steroid dienone is 3. The Balaban J connectivity index is 0.00000210. The molecule has 0 saturated heterocycles. The number of fused-ring (bicyclic) bond motifs is 4. The summed E-state index contributed by atoms with van der Waals surface area (Å²) in [6.45, 7) is 8.05. The van der Waals surface area contributed by atoms with Gasteiger partial charge >= 0.3 is 0 Å². The SMILES string of the molecule is C/C=C\C(=C/C)N(c1ccccc1)c1ccc2c(c1)Oc1cc(-c3ccccc3)cc3c1B2c1ccc(N(c2ccccc2)c2ccccc2)cc1O3.CC. The van der Waals surface area contributed by atoms with Gasteiger partial charge in [-0.3, -0.25) is 0 Å². The predicted octanol–water partition coefficient (Wildman–Crippen LogP) is 12.2. The third-order valence-corrected chi connectivity index (χ3v) is 10.0. The Morgan fingerprint density at radius 3 is 1.45 bits per heavy atom. The van der Waals surface area contributed by atoms with Crippen molar-refractivity contribution in [1.82, 2.24) is 0 Å². The summed E-state index contributed by atoms with van der Waals surface area (Å²) < 4.78 is 13.9. The van der Waals surface area contributed by atoms with Gasteiger partial charge in [0.25, 0.3) is 6.71 Å². The first-order valence-electron chi connectivity index (χ1n) is 19.1. The number of hydrogen-bond donors (Lipinski definition) is 0. The third-order valence-electron chi connectivity index (χ3n) is 10.0. The summed E-state index contributed by atoms with van der Waals surface area (Å²) in [5.41, 5.74) is 11.8. The summed E-state index contributed by atoms with van der Waals surface area (Å²) in [4.78, 5) is 4.55. The Labute approximate surface area is 325 Å². The van der Waals surface area contributed by atoms with Crippen LogP contribution < -0.4 is 35.7 Å². The van der Waals surface area contributed by atoms with Crippen LogP contribution in [0.2, 0.25) is 0 Å². The monoisotopic (exact) mass is 714 g/mol. The molecular formula is C50H43BN2O2. The van der Waals surface area contributed by atoms with Crippen LogP contribution in [-0.4, -0.2) is 6.71 Å². The zero-order valence-corrected chi connectivity index (χ0v) is 31.7. The summed E-state index contributed by atoms with van der Waals surface area (Å²) in [5.74, 6) is 3.29. The van der Waals surface area contributed by atoms with E-state index in [0.29, 0.717) is 0 Å². The van der Waals surface area contributed by atoms with Crippen molar-refractivity contribution in [2.45, 2.75) is 27.7 Å². The first-order chi connectivity index (χ1) is 27.2. The largest absolute Gasteiger partial charge is 0.458 e. The standard InChI is InChI=1S/C48H37BN2O2.C2H6/c1-3-17-36(4-2)50(37-20-11-6-12-21-37)40-26-28-42-44(32-40)52-46-30-35(34-18-9-5-10-19-34)31-47-48(46)49(42)43-29-27-41(33-45(43)53-47)51(38-22-13-7-14-23-38)39-24-15-8-16-25-39;1-2/h3-33H,1-2H3;1-2H3/b17-3-,36-4+;. The van der Waals surface area contributed by atoms with Gasteiger partial charge in [-0.05, 0) is 103 Å². The van der Waals surface area contributed by atoms with Crippen LogP contribution in [0.3, 0.4) is 0 Å². The van der Waals surface area contributed by atoms with Crippen LogP contribution in [-0.2, 0) is 0 Å². The van der Waals surface area contributed by atoms with Crippen molar-refractivity contribution in [3.63, 3.8) is 0 Å². The molecule has 2 aliphatic heterocycles. The maximum Gasteiger partial charge on any atom is 0.260 e. The lowest BCUT2D eigenvalue weighted by atomic mass is 9.35. The highest BCUT2D eigenvalue weighted by Crippen LogP contribution is 2.42. The fraction of sp³-hybridized carbons (Fsp3) is 0.0800. The van der Waals surface area contributed by atoms with Gasteiger partial charge in [-0.2, -0.15) is 0 Å². The summed E-state index contributed by atoms with van der Waals surface area (Å²) in [5, 5.41) is 0. The highest BCUT2D eigenvalue weighted by molar-refractivity contribution is 6.98. The van der Waals surface area contributed by atoms with Crippen LogP contribution in [0, 0.1) is 0 Å². The number of ether oxygens (including phenoxy) is 2. The molecule has 0 spiro atoms. The van der Waals surface area contributed by atoms with Crippen LogP contribution in [0.25, 0.3) is 11.1 Å². The molecule has 9 rings (SSSR count). The maximum absolute atomic E-state index is 6.93. The van der Waals surface area contributed by atoms with E-state index in [2.05, 4.69) is 206 Å². The second-order valence-electron chi connectivity index (χ2n) is 13.2. The Morgan fingerprint density at radius 2 is 0.945 bits per heavy atom. The topological polar surface area (TPSA) is 24.9 Å². The second-order valence-corrected chi connectivity index (χ2v) is 13.2. The van der Waals surface area contributed by atoms with Gasteiger partial charge in [0.2, 0.25) is 0 Å². The van der Waals surface area contributed by atoms with E-state index >= 15 is 0 Å². The fourth-order valence-corrected chi connectivity index (χ4v) is 7.64. The van der Waals surface area contributed by atoms with Gasteiger partial charge < -0.3 is 19.3 Å². The van der Waals surface area contributed by atoms with Crippen molar-refractivity contribution in [1.29, 1.82) is 0 Å². The van der Waals surface area contributed by atoms with E-state index < -0.39 is 0 Å². The summed E-state index contributed by atoms with van der Waals surface area (Å²) in [7, 11) is 0. The van der Waals surface area contributed by atoms with Crippen molar-refractivity contribution in [3.05, 3.63) is 194 Å². The molecule has 0 radical (unpaired) electrons. The van der Waals surface area contributed by atoms with Crippen molar-refractivity contribution in [3.8, 4) is 34.1 Å². The van der Waals surface area contributed by atoms with Crippen LogP contribution in [0.4, 0.5) is 28.4 Å². The third kappa shape index (κ3) is 6.70. The predicted molar refractivity (Wildman–Crippen MR) is 233 cm³/mol. The molecule has 2 heterocycles. The average molecular weight is 715 g/mol. The molecule has 0 aliphatic carbocycles. The van der Waals surface area contributed by atoms with Crippen molar-refractivity contribution < 1.29 is 9.47 Å². The van der Waals surface area contributed by atoms with Gasteiger partial charge in [-0.15, -0.1) is 0 Å². The zero-order chi connectivity index (χ0) is 37.7. The van der Waals surface area contributed by atoms with Gasteiger partial charge in [0.1, 0.15) is 23.0 Å². The minimum absolute atomic E-state index is 0.0794. The van der Waals surface area contributed by atoms with Gasteiger partial charge in [-0.25, -0.2) is 0 Å². The first-order valence-corrected chi connectivity index (χ1v) is 19.1. The molecular weight excluding hydrogens is 671 g/mol. The van der Waals surface area contributed by atoms with E-state index in [9.17, 15) is 0 Å². The first kappa shape index (κ1) is 35.3. The lowest BCUT2D eigenvalue weighted by Gasteiger charge is -2.35. The van der Waals surface area contributed by atoms with E-state index in [1.165, 1.54) is 0 Å². The quantitative estimate of drug-likeness (QED) is 0.116. The van der Waals surface area contributed by atoms with Crippen molar-refractivity contribution >= 4 is 51.5 Å².